The van der Waals surface area contributed by atoms with E-state index in [1.807, 2.05) is 0 Å². The van der Waals surface area contributed by atoms with Crippen molar-refractivity contribution in [2.24, 2.45) is 11.8 Å². The maximum atomic E-state index is 12.1. The third-order valence-corrected chi connectivity index (χ3v) is 5.51. The van der Waals surface area contributed by atoms with Crippen LogP contribution < -0.4 is 0 Å². The third kappa shape index (κ3) is 2.64. The zero-order valence-electron chi connectivity index (χ0n) is 11.6. The van der Waals surface area contributed by atoms with Gasteiger partial charge in [-0.3, -0.25) is 9.69 Å². The minimum absolute atomic E-state index is 0.369. The predicted octanol–water partition coefficient (Wildman–Crippen LogP) is 3.40. The van der Waals surface area contributed by atoms with Gasteiger partial charge < -0.3 is 0 Å². The number of carbonyl (C=O) groups excluding carboxylic acids is 1. The molecule has 0 aromatic carbocycles. The van der Waals surface area contributed by atoms with Gasteiger partial charge in [-0.25, -0.2) is 0 Å². The molecular formula is C16H27NO. The van der Waals surface area contributed by atoms with Crippen molar-refractivity contribution in [3.8, 4) is 0 Å². The minimum Gasteiger partial charge on any atom is -0.299 e. The van der Waals surface area contributed by atoms with Crippen molar-refractivity contribution >= 4 is 5.78 Å². The number of Topliss-reactive ketones (excluding diaryl/α,β-unsaturated/α-hetero) is 1. The first-order valence-electron chi connectivity index (χ1n) is 8.11. The van der Waals surface area contributed by atoms with E-state index in [0.717, 1.165) is 37.8 Å². The lowest BCUT2D eigenvalue weighted by molar-refractivity contribution is -0.123. The largest absolute Gasteiger partial charge is 0.299 e. The Balaban J connectivity index is 1.59. The van der Waals surface area contributed by atoms with Gasteiger partial charge in [0.25, 0.3) is 0 Å². The fourth-order valence-corrected chi connectivity index (χ4v) is 4.44. The van der Waals surface area contributed by atoms with Crippen LogP contribution >= 0.6 is 0 Å². The topological polar surface area (TPSA) is 20.3 Å². The molecule has 2 heteroatoms. The number of likely N-dealkylation sites (tertiary alicyclic amines) is 1. The molecule has 0 radical (unpaired) electrons. The summed E-state index contributed by atoms with van der Waals surface area (Å²) >= 11 is 0. The summed E-state index contributed by atoms with van der Waals surface area (Å²) in [5.41, 5.74) is 0. The van der Waals surface area contributed by atoms with Crippen LogP contribution in [0.5, 0.6) is 0 Å². The van der Waals surface area contributed by atoms with Gasteiger partial charge in [-0.1, -0.05) is 25.7 Å². The smallest absolute Gasteiger partial charge is 0.137 e. The van der Waals surface area contributed by atoms with Crippen molar-refractivity contribution in [3.05, 3.63) is 0 Å². The van der Waals surface area contributed by atoms with E-state index in [1.54, 1.807) is 0 Å². The normalized spacial score (nSPS) is 38.4. The Hall–Kier alpha value is -0.370. The molecule has 0 N–H and O–H groups in total. The summed E-state index contributed by atoms with van der Waals surface area (Å²) in [7, 11) is 0. The molecule has 0 spiro atoms. The average molecular weight is 249 g/mol. The highest BCUT2D eigenvalue weighted by Gasteiger charge is 2.37. The summed E-state index contributed by atoms with van der Waals surface area (Å²) < 4.78 is 0. The highest BCUT2D eigenvalue weighted by molar-refractivity contribution is 5.81. The number of nitrogens with zero attached hydrogens (tertiary/aromatic N) is 1. The van der Waals surface area contributed by atoms with E-state index >= 15 is 0 Å². The van der Waals surface area contributed by atoms with Crippen molar-refractivity contribution in [1.82, 2.24) is 4.90 Å². The Labute approximate surface area is 111 Å². The summed E-state index contributed by atoms with van der Waals surface area (Å²) in [6.45, 7) is 2.35. The number of hydrogen-bond donors (Lipinski definition) is 0. The molecule has 0 bridgehead atoms. The van der Waals surface area contributed by atoms with Crippen LogP contribution in [0.1, 0.15) is 64.2 Å². The van der Waals surface area contributed by atoms with Gasteiger partial charge in [-0.05, 0) is 44.6 Å². The van der Waals surface area contributed by atoms with E-state index in [9.17, 15) is 4.79 Å². The standard InChI is InChI=1S/C16H27NO/c18-16-9-3-1-2-7-14(16)12-17-11-10-13-6-4-5-8-15(13)17/h13-15H,1-12H2. The lowest BCUT2D eigenvalue weighted by Gasteiger charge is -2.33. The van der Waals surface area contributed by atoms with Crippen LogP contribution in [-0.2, 0) is 4.79 Å². The van der Waals surface area contributed by atoms with Crippen LogP contribution in [-0.4, -0.2) is 29.8 Å². The molecule has 2 aliphatic carbocycles. The maximum absolute atomic E-state index is 12.1. The second-order valence-corrected chi connectivity index (χ2v) is 6.66. The van der Waals surface area contributed by atoms with E-state index in [2.05, 4.69) is 4.90 Å². The maximum Gasteiger partial charge on any atom is 0.137 e. The van der Waals surface area contributed by atoms with Crippen LogP contribution in [0.25, 0.3) is 0 Å². The van der Waals surface area contributed by atoms with Gasteiger partial charge in [0, 0.05) is 24.9 Å². The second-order valence-electron chi connectivity index (χ2n) is 6.66. The lowest BCUT2D eigenvalue weighted by atomic mass is 9.85. The first-order chi connectivity index (χ1) is 8.84. The van der Waals surface area contributed by atoms with Gasteiger partial charge in [0.1, 0.15) is 5.78 Å². The van der Waals surface area contributed by atoms with Crippen molar-refractivity contribution < 1.29 is 4.79 Å². The molecule has 3 atom stereocenters. The number of carbonyl (C=O) groups is 1. The molecule has 102 valence electrons. The molecule has 18 heavy (non-hydrogen) atoms. The Kier molecular flexibility index (Phi) is 4.03. The quantitative estimate of drug-likeness (QED) is 0.699. The molecule has 0 amide bonds. The zero-order chi connectivity index (χ0) is 12.4. The SMILES string of the molecule is O=C1CCCCCC1CN1CCC2CCCCC21. The van der Waals surface area contributed by atoms with Crippen LogP contribution in [0, 0.1) is 11.8 Å². The summed E-state index contributed by atoms with van der Waals surface area (Å²) in [4.78, 5) is 14.8. The molecule has 0 aromatic rings. The Morgan fingerprint density at radius 2 is 1.78 bits per heavy atom. The molecule has 3 rings (SSSR count). The van der Waals surface area contributed by atoms with Gasteiger partial charge >= 0.3 is 0 Å². The summed E-state index contributed by atoms with van der Waals surface area (Å²) in [5.74, 6) is 1.89. The molecule has 3 unspecified atom stereocenters. The zero-order valence-corrected chi connectivity index (χ0v) is 11.6. The lowest BCUT2D eigenvalue weighted by Crippen LogP contribution is -2.39. The molecule has 1 saturated heterocycles. The Morgan fingerprint density at radius 1 is 0.944 bits per heavy atom. The molecule has 1 heterocycles. The van der Waals surface area contributed by atoms with Gasteiger partial charge in [-0.15, -0.1) is 0 Å². The van der Waals surface area contributed by atoms with E-state index in [0.29, 0.717) is 11.7 Å². The molecule has 2 nitrogen and oxygen atoms in total. The van der Waals surface area contributed by atoms with Gasteiger partial charge in [0.2, 0.25) is 0 Å². The van der Waals surface area contributed by atoms with E-state index in [4.69, 9.17) is 0 Å². The molecule has 3 aliphatic rings. The monoisotopic (exact) mass is 249 g/mol. The van der Waals surface area contributed by atoms with Gasteiger partial charge in [-0.2, -0.15) is 0 Å². The highest BCUT2D eigenvalue weighted by Crippen LogP contribution is 2.37. The summed E-state index contributed by atoms with van der Waals surface area (Å²) in [5, 5.41) is 0. The molecular weight excluding hydrogens is 222 g/mol. The van der Waals surface area contributed by atoms with E-state index < -0.39 is 0 Å². The first-order valence-corrected chi connectivity index (χ1v) is 8.11. The van der Waals surface area contributed by atoms with Crippen LogP contribution in [0.3, 0.4) is 0 Å². The first kappa shape index (κ1) is 12.7. The van der Waals surface area contributed by atoms with Crippen LogP contribution in [0.15, 0.2) is 0 Å². The number of hydrogen-bond acceptors (Lipinski definition) is 2. The predicted molar refractivity (Wildman–Crippen MR) is 73.5 cm³/mol. The highest BCUT2D eigenvalue weighted by atomic mass is 16.1. The third-order valence-electron chi connectivity index (χ3n) is 5.51. The van der Waals surface area contributed by atoms with Crippen molar-refractivity contribution in [3.63, 3.8) is 0 Å². The second kappa shape index (κ2) is 5.73. The molecule has 3 fully saturated rings. The van der Waals surface area contributed by atoms with Crippen molar-refractivity contribution in [1.29, 1.82) is 0 Å². The van der Waals surface area contributed by atoms with Gasteiger partial charge in [0.15, 0.2) is 0 Å². The van der Waals surface area contributed by atoms with Crippen LogP contribution in [0.2, 0.25) is 0 Å². The van der Waals surface area contributed by atoms with E-state index in [-0.39, 0.29) is 0 Å². The van der Waals surface area contributed by atoms with E-state index in [1.165, 1.54) is 51.5 Å². The Bertz CT molecular complexity index is 301. The average Bonchev–Trinajstić information content (AvgIpc) is 2.69. The van der Waals surface area contributed by atoms with Crippen molar-refractivity contribution in [2.45, 2.75) is 70.3 Å². The Morgan fingerprint density at radius 3 is 2.72 bits per heavy atom. The number of ketones is 1. The minimum atomic E-state index is 0.369. The molecule has 0 aromatic heterocycles. The van der Waals surface area contributed by atoms with Crippen molar-refractivity contribution in [2.75, 3.05) is 13.1 Å². The van der Waals surface area contributed by atoms with Gasteiger partial charge in [0.05, 0.1) is 0 Å². The molecule has 1 aliphatic heterocycles. The van der Waals surface area contributed by atoms with Crippen LogP contribution in [0.4, 0.5) is 0 Å². The number of fused-ring (bicyclic) bond motifs is 1. The summed E-state index contributed by atoms with van der Waals surface area (Å²) in [6.07, 6.45) is 12.8. The summed E-state index contributed by atoms with van der Waals surface area (Å²) in [6, 6.07) is 0.829. The fourth-order valence-electron chi connectivity index (χ4n) is 4.44. The fraction of sp³-hybridized carbons (Fsp3) is 0.938. The molecule has 2 saturated carbocycles. The number of rotatable bonds is 2.